The van der Waals surface area contributed by atoms with Crippen LogP contribution >= 0.6 is 0 Å². The largest absolute Gasteiger partial charge is 0.297 e. The summed E-state index contributed by atoms with van der Waals surface area (Å²) in [5.41, 5.74) is 1.30. The van der Waals surface area contributed by atoms with Crippen molar-refractivity contribution in [2.45, 2.75) is 39.2 Å². The van der Waals surface area contributed by atoms with Crippen LogP contribution < -0.4 is 0 Å². The van der Waals surface area contributed by atoms with Crippen LogP contribution in [0.2, 0.25) is 0 Å². The third-order valence-corrected chi connectivity index (χ3v) is 2.65. The maximum atomic E-state index is 3.99. The van der Waals surface area contributed by atoms with Crippen molar-refractivity contribution in [3.05, 3.63) is 12.2 Å². The highest BCUT2D eigenvalue weighted by Crippen LogP contribution is 2.15. The highest BCUT2D eigenvalue weighted by atomic mass is 15.2. The molecule has 0 N–H and O–H groups in total. The Labute approximate surface area is 70.1 Å². The minimum atomic E-state index is 0.593. The molecule has 0 bridgehead atoms. The Bertz CT molecular complexity index is 134. The number of likely N-dealkylation sites (tertiary alicyclic amines) is 1. The average Bonchev–Trinajstić information content (AvgIpc) is 2.05. The first-order valence-corrected chi connectivity index (χ1v) is 4.61. The molecule has 1 fully saturated rings. The maximum Gasteiger partial charge on any atom is 0.0273 e. The summed E-state index contributed by atoms with van der Waals surface area (Å²) >= 11 is 0. The highest BCUT2D eigenvalue weighted by molar-refractivity contribution is 5.00. The lowest BCUT2D eigenvalue weighted by Gasteiger charge is -2.32. The van der Waals surface area contributed by atoms with E-state index in [-0.39, 0.29) is 0 Å². The smallest absolute Gasteiger partial charge is 0.0273 e. The first-order valence-electron chi connectivity index (χ1n) is 4.61. The van der Waals surface area contributed by atoms with Gasteiger partial charge in [0.05, 0.1) is 0 Å². The zero-order chi connectivity index (χ0) is 8.27. The quantitative estimate of drug-likeness (QED) is 0.551. The minimum Gasteiger partial charge on any atom is -0.297 e. The highest BCUT2D eigenvalue weighted by Gasteiger charge is 2.16. The van der Waals surface area contributed by atoms with E-state index in [0.717, 1.165) is 0 Å². The molecular formula is C10H19N. The third kappa shape index (κ3) is 2.33. The molecule has 0 saturated carbocycles. The molecule has 0 aromatic carbocycles. The number of hydrogen-bond acceptors (Lipinski definition) is 1. The predicted molar refractivity (Wildman–Crippen MR) is 49.7 cm³/mol. The molecule has 0 spiro atoms. The van der Waals surface area contributed by atoms with E-state index in [2.05, 4.69) is 25.3 Å². The van der Waals surface area contributed by atoms with E-state index in [1.165, 1.54) is 37.9 Å². The monoisotopic (exact) mass is 153 g/mol. The van der Waals surface area contributed by atoms with Gasteiger partial charge < -0.3 is 0 Å². The Morgan fingerprint density at radius 1 is 1.27 bits per heavy atom. The van der Waals surface area contributed by atoms with Crippen molar-refractivity contribution in [3.63, 3.8) is 0 Å². The van der Waals surface area contributed by atoms with E-state index >= 15 is 0 Å². The Balaban J connectivity index is 2.38. The van der Waals surface area contributed by atoms with Gasteiger partial charge >= 0.3 is 0 Å². The van der Waals surface area contributed by atoms with E-state index < -0.39 is 0 Å². The molecule has 11 heavy (non-hydrogen) atoms. The normalized spacial score (nSPS) is 23.1. The van der Waals surface area contributed by atoms with Gasteiger partial charge in [-0.1, -0.05) is 18.6 Å². The summed E-state index contributed by atoms with van der Waals surface area (Å²) in [5, 5.41) is 0. The van der Waals surface area contributed by atoms with Crippen molar-refractivity contribution >= 4 is 0 Å². The molecule has 0 amide bonds. The Kier molecular flexibility index (Phi) is 3.13. The first-order chi connectivity index (χ1) is 5.22. The molecule has 0 unspecified atom stereocenters. The Morgan fingerprint density at radius 2 is 1.82 bits per heavy atom. The van der Waals surface area contributed by atoms with E-state index in [9.17, 15) is 0 Å². The summed E-state index contributed by atoms with van der Waals surface area (Å²) < 4.78 is 0. The lowest BCUT2D eigenvalue weighted by molar-refractivity contribution is 0.194. The molecule has 1 rings (SSSR count). The Morgan fingerprint density at radius 3 is 2.27 bits per heavy atom. The molecule has 1 nitrogen and oxygen atoms in total. The van der Waals surface area contributed by atoms with Gasteiger partial charge in [-0.05, 0) is 39.8 Å². The van der Waals surface area contributed by atoms with Crippen LogP contribution in [0.3, 0.4) is 0 Å². The molecule has 64 valence electrons. The summed E-state index contributed by atoms with van der Waals surface area (Å²) in [5.74, 6) is 0. The second-order valence-electron chi connectivity index (χ2n) is 3.62. The van der Waals surface area contributed by atoms with Gasteiger partial charge in [-0.25, -0.2) is 0 Å². The van der Waals surface area contributed by atoms with Crippen molar-refractivity contribution in [2.24, 2.45) is 0 Å². The molecule has 0 aromatic rings. The summed E-state index contributed by atoms with van der Waals surface area (Å²) in [7, 11) is 0. The van der Waals surface area contributed by atoms with Crippen molar-refractivity contribution in [1.82, 2.24) is 4.90 Å². The van der Waals surface area contributed by atoms with E-state index in [0.29, 0.717) is 6.04 Å². The fraction of sp³-hybridized carbons (Fsp3) is 0.800. The molecule has 1 aliphatic rings. The molecule has 0 radical (unpaired) electrons. The summed E-state index contributed by atoms with van der Waals surface area (Å²) in [6.07, 6.45) is 4.16. The van der Waals surface area contributed by atoms with E-state index in [1.807, 2.05) is 0 Å². The molecule has 1 heteroatoms. The number of piperidine rings is 1. The fourth-order valence-corrected chi connectivity index (χ4v) is 1.62. The minimum absolute atomic E-state index is 0.593. The second-order valence-corrected chi connectivity index (χ2v) is 3.62. The first kappa shape index (κ1) is 8.79. The average molecular weight is 153 g/mol. The van der Waals surface area contributed by atoms with Crippen molar-refractivity contribution in [1.29, 1.82) is 0 Å². The zero-order valence-electron chi connectivity index (χ0n) is 7.77. The summed E-state index contributed by atoms with van der Waals surface area (Å²) in [6, 6.07) is 0.593. The van der Waals surface area contributed by atoms with Gasteiger partial charge in [-0.2, -0.15) is 0 Å². The van der Waals surface area contributed by atoms with Crippen LogP contribution in [0, 0.1) is 0 Å². The summed E-state index contributed by atoms with van der Waals surface area (Å²) in [4.78, 5) is 2.53. The Hall–Kier alpha value is -0.300. The number of nitrogens with zero attached hydrogens (tertiary/aromatic N) is 1. The lowest BCUT2D eigenvalue weighted by Crippen LogP contribution is -2.37. The molecule has 1 aliphatic heterocycles. The second kappa shape index (κ2) is 3.91. The maximum absolute atomic E-state index is 3.99. The van der Waals surface area contributed by atoms with Gasteiger partial charge in [0.2, 0.25) is 0 Å². The summed E-state index contributed by atoms with van der Waals surface area (Å²) in [6.45, 7) is 10.9. The number of hydrogen-bond donors (Lipinski definition) is 0. The molecular weight excluding hydrogens is 134 g/mol. The van der Waals surface area contributed by atoms with E-state index in [1.54, 1.807) is 0 Å². The van der Waals surface area contributed by atoms with Gasteiger partial charge in [0.25, 0.3) is 0 Å². The van der Waals surface area contributed by atoms with Crippen molar-refractivity contribution in [3.8, 4) is 0 Å². The third-order valence-electron chi connectivity index (χ3n) is 2.65. The standard InChI is InChI=1S/C10H19N/c1-9(2)10(3)11-7-5-4-6-8-11/h10H,1,4-8H2,2-3H3/t10-/m1/s1. The van der Waals surface area contributed by atoms with Gasteiger partial charge in [-0.15, -0.1) is 0 Å². The van der Waals surface area contributed by atoms with Crippen LogP contribution in [-0.2, 0) is 0 Å². The molecule has 0 aromatic heterocycles. The van der Waals surface area contributed by atoms with Crippen LogP contribution in [0.15, 0.2) is 12.2 Å². The lowest BCUT2D eigenvalue weighted by atomic mass is 10.1. The molecule has 1 atom stereocenters. The van der Waals surface area contributed by atoms with Crippen LogP contribution in [-0.4, -0.2) is 24.0 Å². The van der Waals surface area contributed by atoms with E-state index in [4.69, 9.17) is 0 Å². The van der Waals surface area contributed by atoms with Crippen LogP contribution in [0.25, 0.3) is 0 Å². The van der Waals surface area contributed by atoms with Crippen LogP contribution in [0.1, 0.15) is 33.1 Å². The van der Waals surface area contributed by atoms with Crippen molar-refractivity contribution < 1.29 is 0 Å². The van der Waals surface area contributed by atoms with Gasteiger partial charge in [-0.3, -0.25) is 4.90 Å². The number of rotatable bonds is 2. The SMILES string of the molecule is C=C(C)[C@@H](C)N1CCCCC1. The fourth-order valence-electron chi connectivity index (χ4n) is 1.62. The van der Waals surface area contributed by atoms with Crippen molar-refractivity contribution in [2.75, 3.05) is 13.1 Å². The van der Waals surface area contributed by atoms with Gasteiger partial charge in [0.1, 0.15) is 0 Å². The zero-order valence-corrected chi connectivity index (χ0v) is 7.77. The molecule has 1 heterocycles. The van der Waals surface area contributed by atoms with Crippen LogP contribution in [0.4, 0.5) is 0 Å². The predicted octanol–water partition coefficient (Wildman–Crippen LogP) is 2.44. The van der Waals surface area contributed by atoms with Crippen LogP contribution in [0.5, 0.6) is 0 Å². The van der Waals surface area contributed by atoms with Gasteiger partial charge in [0, 0.05) is 6.04 Å². The molecule has 1 saturated heterocycles. The molecule has 0 aliphatic carbocycles. The van der Waals surface area contributed by atoms with Gasteiger partial charge in [0.15, 0.2) is 0 Å². The topological polar surface area (TPSA) is 3.24 Å².